The minimum Gasteiger partial charge on any atom is -0.496 e. The topological polar surface area (TPSA) is 38.5 Å². The van der Waals surface area contributed by atoms with Gasteiger partial charge in [0, 0.05) is 23.6 Å². The van der Waals surface area contributed by atoms with Gasteiger partial charge in [-0.2, -0.15) is 0 Å². The Kier molecular flexibility index (Phi) is 3.64. The van der Waals surface area contributed by atoms with Crippen molar-refractivity contribution in [1.82, 2.24) is 4.90 Å². The summed E-state index contributed by atoms with van der Waals surface area (Å²) in [6.07, 6.45) is 2.35. The van der Waals surface area contributed by atoms with Crippen molar-refractivity contribution >= 4 is 0 Å². The zero-order valence-corrected chi connectivity index (χ0v) is 11.9. The summed E-state index contributed by atoms with van der Waals surface area (Å²) in [5.41, 5.74) is 8.93. The van der Waals surface area contributed by atoms with Crippen molar-refractivity contribution in [3.63, 3.8) is 0 Å². The van der Waals surface area contributed by atoms with Gasteiger partial charge in [-0.3, -0.25) is 0 Å². The van der Waals surface area contributed by atoms with Crippen LogP contribution >= 0.6 is 0 Å². The number of hydrogen-bond acceptors (Lipinski definition) is 3. The minimum absolute atomic E-state index is 0.146. The second-order valence-corrected chi connectivity index (χ2v) is 5.72. The van der Waals surface area contributed by atoms with Crippen molar-refractivity contribution in [1.29, 1.82) is 0 Å². The molecule has 0 spiro atoms. The first-order chi connectivity index (χ1) is 8.49. The summed E-state index contributed by atoms with van der Waals surface area (Å²) in [5.74, 6) is 0.979. The van der Waals surface area contributed by atoms with E-state index in [1.165, 1.54) is 24.0 Å². The molecule has 1 aliphatic carbocycles. The average molecular weight is 248 g/mol. The molecule has 100 valence electrons. The molecule has 0 heterocycles. The summed E-state index contributed by atoms with van der Waals surface area (Å²) < 4.78 is 5.51. The van der Waals surface area contributed by atoms with E-state index in [2.05, 4.69) is 44.1 Å². The number of ether oxygens (including phenoxy) is 1. The number of benzene rings is 1. The van der Waals surface area contributed by atoms with Gasteiger partial charge in [-0.1, -0.05) is 12.1 Å². The summed E-state index contributed by atoms with van der Waals surface area (Å²) in [4.78, 5) is 2.18. The fraction of sp³-hybridized carbons (Fsp3) is 0.600. The predicted molar refractivity (Wildman–Crippen MR) is 74.9 cm³/mol. The Labute approximate surface area is 110 Å². The van der Waals surface area contributed by atoms with Crippen molar-refractivity contribution in [3.05, 3.63) is 29.3 Å². The van der Waals surface area contributed by atoms with E-state index in [-0.39, 0.29) is 11.5 Å². The molecule has 0 amide bonds. The van der Waals surface area contributed by atoms with E-state index in [0.717, 1.165) is 12.3 Å². The molecule has 1 fully saturated rings. The lowest BCUT2D eigenvalue weighted by Crippen LogP contribution is -2.32. The van der Waals surface area contributed by atoms with Crippen LogP contribution < -0.4 is 10.5 Å². The van der Waals surface area contributed by atoms with Gasteiger partial charge in [0.15, 0.2) is 0 Å². The highest BCUT2D eigenvalue weighted by Crippen LogP contribution is 2.53. The third kappa shape index (κ3) is 2.38. The van der Waals surface area contributed by atoms with Crippen LogP contribution in [0.1, 0.15) is 30.9 Å². The summed E-state index contributed by atoms with van der Waals surface area (Å²) in [6, 6.07) is 6.67. The maximum Gasteiger partial charge on any atom is 0.122 e. The molecule has 0 bridgehead atoms. The number of methoxy groups -OCH3 is 1. The van der Waals surface area contributed by atoms with Crippen LogP contribution in [0.15, 0.2) is 18.2 Å². The van der Waals surface area contributed by atoms with Gasteiger partial charge in [0.1, 0.15) is 5.75 Å². The van der Waals surface area contributed by atoms with Crippen LogP contribution in [0.2, 0.25) is 0 Å². The highest BCUT2D eigenvalue weighted by atomic mass is 16.5. The molecule has 3 nitrogen and oxygen atoms in total. The lowest BCUT2D eigenvalue weighted by atomic mass is 9.87. The van der Waals surface area contributed by atoms with Gasteiger partial charge >= 0.3 is 0 Å². The van der Waals surface area contributed by atoms with Crippen LogP contribution in [0.25, 0.3) is 0 Å². The number of rotatable bonds is 5. The highest BCUT2D eigenvalue weighted by molar-refractivity contribution is 5.47. The molecule has 2 rings (SSSR count). The number of hydrogen-bond donors (Lipinski definition) is 1. The Morgan fingerprint density at radius 3 is 2.50 bits per heavy atom. The van der Waals surface area contributed by atoms with E-state index in [1.54, 1.807) is 7.11 Å². The maximum atomic E-state index is 6.17. The van der Waals surface area contributed by atoms with E-state index in [1.807, 2.05) is 0 Å². The molecule has 2 N–H and O–H groups in total. The Bertz CT molecular complexity index is 423. The SMILES string of the molecule is COc1ccc(CN(C)C)cc1C1(C(C)N)CC1. The third-order valence-electron chi connectivity index (χ3n) is 3.96. The minimum atomic E-state index is 0.146. The molecule has 0 aliphatic heterocycles. The van der Waals surface area contributed by atoms with Crippen molar-refractivity contribution < 1.29 is 4.74 Å². The molecule has 1 aromatic rings. The summed E-state index contributed by atoms with van der Waals surface area (Å²) in [5, 5.41) is 0. The van der Waals surface area contributed by atoms with Crippen LogP contribution in [0.3, 0.4) is 0 Å². The molecule has 1 saturated carbocycles. The zero-order valence-electron chi connectivity index (χ0n) is 11.9. The van der Waals surface area contributed by atoms with E-state index in [0.29, 0.717) is 0 Å². The van der Waals surface area contributed by atoms with E-state index < -0.39 is 0 Å². The Morgan fingerprint density at radius 2 is 2.06 bits per heavy atom. The van der Waals surface area contributed by atoms with Gasteiger partial charge in [-0.25, -0.2) is 0 Å². The van der Waals surface area contributed by atoms with Gasteiger partial charge < -0.3 is 15.4 Å². The van der Waals surface area contributed by atoms with Crippen molar-refractivity contribution in [3.8, 4) is 5.75 Å². The fourth-order valence-corrected chi connectivity index (χ4v) is 2.71. The molecule has 1 atom stereocenters. The molecular formula is C15H24N2O. The number of nitrogens with two attached hydrogens (primary N) is 1. The van der Waals surface area contributed by atoms with Gasteiger partial charge in [0.25, 0.3) is 0 Å². The second kappa shape index (κ2) is 4.90. The normalized spacial score (nSPS) is 18.8. The van der Waals surface area contributed by atoms with Crippen LogP contribution in [0.4, 0.5) is 0 Å². The maximum absolute atomic E-state index is 6.17. The largest absolute Gasteiger partial charge is 0.496 e. The van der Waals surface area contributed by atoms with E-state index in [4.69, 9.17) is 10.5 Å². The lowest BCUT2D eigenvalue weighted by molar-refractivity contribution is 0.391. The van der Waals surface area contributed by atoms with Gasteiger partial charge in [0.05, 0.1) is 7.11 Å². The van der Waals surface area contributed by atoms with Crippen LogP contribution in [-0.2, 0) is 12.0 Å². The van der Waals surface area contributed by atoms with Crippen molar-refractivity contribution in [2.24, 2.45) is 5.73 Å². The summed E-state index contributed by atoms with van der Waals surface area (Å²) in [7, 11) is 5.91. The van der Waals surface area contributed by atoms with Crippen LogP contribution in [0.5, 0.6) is 5.75 Å². The first kappa shape index (κ1) is 13.4. The lowest BCUT2D eigenvalue weighted by Gasteiger charge is -2.24. The molecule has 0 radical (unpaired) electrons. The van der Waals surface area contributed by atoms with Gasteiger partial charge in [-0.15, -0.1) is 0 Å². The monoisotopic (exact) mass is 248 g/mol. The van der Waals surface area contributed by atoms with Crippen molar-refractivity contribution in [2.45, 2.75) is 37.8 Å². The van der Waals surface area contributed by atoms with Gasteiger partial charge in [0.2, 0.25) is 0 Å². The highest BCUT2D eigenvalue weighted by Gasteiger charge is 2.49. The predicted octanol–water partition coefficient (Wildman–Crippen LogP) is 2.14. The van der Waals surface area contributed by atoms with Crippen molar-refractivity contribution in [2.75, 3.05) is 21.2 Å². The van der Waals surface area contributed by atoms with Gasteiger partial charge in [-0.05, 0) is 45.5 Å². The molecule has 1 aliphatic rings. The second-order valence-electron chi connectivity index (χ2n) is 5.72. The van der Waals surface area contributed by atoms with Crippen LogP contribution in [-0.4, -0.2) is 32.1 Å². The van der Waals surface area contributed by atoms with Crippen LogP contribution in [0, 0.1) is 0 Å². The smallest absolute Gasteiger partial charge is 0.122 e. The zero-order chi connectivity index (χ0) is 13.3. The standard InChI is InChI=1S/C15H24N2O/c1-11(16)15(7-8-15)13-9-12(10-17(2)3)5-6-14(13)18-4/h5-6,9,11H,7-8,10,16H2,1-4H3. The summed E-state index contributed by atoms with van der Waals surface area (Å²) in [6.45, 7) is 3.05. The molecule has 0 saturated heterocycles. The van der Waals surface area contributed by atoms with E-state index >= 15 is 0 Å². The quantitative estimate of drug-likeness (QED) is 0.867. The third-order valence-corrected chi connectivity index (χ3v) is 3.96. The molecule has 0 aromatic heterocycles. The Hall–Kier alpha value is -1.06. The summed E-state index contributed by atoms with van der Waals surface area (Å²) >= 11 is 0. The average Bonchev–Trinajstić information content (AvgIpc) is 3.09. The van der Waals surface area contributed by atoms with E-state index in [9.17, 15) is 0 Å². The number of nitrogens with zero attached hydrogens (tertiary/aromatic N) is 1. The first-order valence-corrected chi connectivity index (χ1v) is 6.57. The Morgan fingerprint density at radius 1 is 1.39 bits per heavy atom. The Balaban J connectivity index is 2.37. The molecule has 18 heavy (non-hydrogen) atoms. The molecule has 1 aromatic carbocycles. The molecular weight excluding hydrogens is 224 g/mol. The fourth-order valence-electron chi connectivity index (χ4n) is 2.71. The molecule has 3 heteroatoms. The first-order valence-electron chi connectivity index (χ1n) is 6.57. The molecule has 1 unspecified atom stereocenters.